The van der Waals surface area contributed by atoms with Crippen molar-refractivity contribution in [3.63, 3.8) is 0 Å². The van der Waals surface area contributed by atoms with Gasteiger partial charge in [-0.2, -0.15) is 0 Å². The molecule has 4 rings (SSSR count). The van der Waals surface area contributed by atoms with E-state index >= 15 is 0 Å². The standard InChI is InChI=1S/C22H18N2O3/c1-15-3-5-16(6-4-15)21-23-24-22(27-21)17-7-9-19(10-8-17)26-20-13-11-18(25-2)12-14-20/h3-14H,1-2H3. The highest BCUT2D eigenvalue weighted by atomic mass is 16.5. The first-order valence-corrected chi connectivity index (χ1v) is 8.54. The molecule has 0 N–H and O–H groups in total. The van der Waals surface area contributed by atoms with E-state index in [-0.39, 0.29) is 0 Å². The van der Waals surface area contributed by atoms with Crippen LogP contribution in [0.3, 0.4) is 0 Å². The van der Waals surface area contributed by atoms with E-state index in [1.165, 1.54) is 5.56 Å². The van der Waals surface area contributed by atoms with Crippen LogP contribution in [0.1, 0.15) is 5.56 Å². The van der Waals surface area contributed by atoms with Crippen molar-refractivity contribution in [3.05, 3.63) is 78.4 Å². The number of methoxy groups -OCH3 is 1. The molecule has 5 heteroatoms. The SMILES string of the molecule is COc1ccc(Oc2ccc(-c3nnc(-c4ccc(C)cc4)o3)cc2)cc1. The fourth-order valence-corrected chi connectivity index (χ4v) is 2.60. The zero-order valence-electron chi connectivity index (χ0n) is 15.0. The van der Waals surface area contributed by atoms with Crippen LogP contribution in [0.4, 0.5) is 0 Å². The summed E-state index contributed by atoms with van der Waals surface area (Å²) < 4.78 is 16.8. The van der Waals surface area contributed by atoms with Crippen LogP contribution in [0, 0.1) is 6.92 Å². The minimum absolute atomic E-state index is 0.474. The molecular formula is C22H18N2O3. The second-order valence-corrected chi connectivity index (χ2v) is 6.08. The smallest absolute Gasteiger partial charge is 0.248 e. The quantitative estimate of drug-likeness (QED) is 0.470. The Morgan fingerprint density at radius 1 is 0.630 bits per heavy atom. The van der Waals surface area contributed by atoms with E-state index < -0.39 is 0 Å². The van der Waals surface area contributed by atoms with Crippen molar-refractivity contribution in [2.24, 2.45) is 0 Å². The van der Waals surface area contributed by atoms with Gasteiger partial charge in [-0.1, -0.05) is 17.7 Å². The summed E-state index contributed by atoms with van der Waals surface area (Å²) >= 11 is 0. The molecule has 3 aromatic carbocycles. The average Bonchev–Trinajstić information content (AvgIpc) is 3.20. The van der Waals surface area contributed by atoms with Gasteiger partial charge in [-0.05, 0) is 67.6 Å². The van der Waals surface area contributed by atoms with Crippen LogP contribution < -0.4 is 9.47 Å². The van der Waals surface area contributed by atoms with Gasteiger partial charge in [0.15, 0.2) is 0 Å². The number of ether oxygens (including phenoxy) is 2. The number of aryl methyl sites for hydroxylation is 1. The summed E-state index contributed by atoms with van der Waals surface area (Å²) in [6.07, 6.45) is 0. The van der Waals surface area contributed by atoms with Gasteiger partial charge >= 0.3 is 0 Å². The predicted molar refractivity (Wildman–Crippen MR) is 103 cm³/mol. The molecule has 1 heterocycles. The highest BCUT2D eigenvalue weighted by Crippen LogP contribution is 2.28. The zero-order chi connectivity index (χ0) is 18.6. The van der Waals surface area contributed by atoms with Gasteiger partial charge in [-0.15, -0.1) is 10.2 Å². The van der Waals surface area contributed by atoms with Crippen LogP contribution in [-0.2, 0) is 0 Å². The molecule has 0 saturated heterocycles. The molecule has 0 radical (unpaired) electrons. The lowest BCUT2D eigenvalue weighted by atomic mass is 10.1. The Bertz CT molecular complexity index is 1020. The molecule has 0 bridgehead atoms. The lowest BCUT2D eigenvalue weighted by Crippen LogP contribution is -1.86. The summed E-state index contributed by atoms with van der Waals surface area (Å²) in [5, 5.41) is 8.29. The molecule has 134 valence electrons. The third kappa shape index (κ3) is 3.82. The summed E-state index contributed by atoms with van der Waals surface area (Å²) in [7, 11) is 1.64. The van der Waals surface area contributed by atoms with Crippen LogP contribution in [0.5, 0.6) is 17.2 Å². The van der Waals surface area contributed by atoms with Crippen molar-refractivity contribution in [1.82, 2.24) is 10.2 Å². The minimum atomic E-state index is 0.474. The maximum atomic E-state index is 5.83. The molecule has 0 aliphatic heterocycles. The Balaban J connectivity index is 1.49. The van der Waals surface area contributed by atoms with Gasteiger partial charge in [0.1, 0.15) is 17.2 Å². The summed E-state index contributed by atoms with van der Waals surface area (Å²) in [6.45, 7) is 2.04. The molecule has 1 aromatic heterocycles. The molecule has 0 aliphatic carbocycles. The fraction of sp³-hybridized carbons (Fsp3) is 0.0909. The highest BCUT2D eigenvalue weighted by Gasteiger charge is 2.10. The third-order valence-electron chi connectivity index (χ3n) is 4.12. The van der Waals surface area contributed by atoms with Crippen LogP contribution in [0.15, 0.2) is 77.2 Å². The van der Waals surface area contributed by atoms with Crippen LogP contribution in [-0.4, -0.2) is 17.3 Å². The molecule has 0 aliphatic rings. The molecule has 5 nitrogen and oxygen atoms in total. The summed E-state index contributed by atoms with van der Waals surface area (Å²) in [6, 6.07) is 22.9. The molecule has 0 atom stereocenters. The number of hydrogen-bond acceptors (Lipinski definition) is 5. The third-order valence-corrected chi connectivity index (χ3v) is 4.12. The lowest BCUT2D eigenvalue weighted by Gasteiger charge is -2.06. The van der Waals surface area contributed by atoms with Gasteiger partial charge in [0.05, 0.1) is 7.11 Å². The zero-order valence-corrected chi connectivity index (χ0v) is 15.0. The van der Waals surface area contributed by atoms with E-state index in [1.807, 2.05) is 79.7 Å². The van der Waals surface area contributed by atoms with Gasteiger partial charge in [0.25, 0.3) is 0 Å². The number of nitrogens with zero attached hydrogens (tertiary/aromatic N) is 2. The van der Waals surface area contributed by atoms with Gasteiger partial charge in [0, 0.05) is 11.1 Å². The molecule has 0 saturated carbocycles. The van der Waals surface area contributed by atoms with Crippen LogP contribution in [0.25, 0.3) is 22.9 Å². The van der Waals surface area contributed by atoms with E-state index in [9.17, 15) is 0 Å². The van der Waals surface area contributed by atoms with E-state index in [2.05, 4.69) is 10.2 Å². The number of aromatic nitrogens is 2. The monoisotopic (exact) mass is 358 g/mol. The van der Waals surface area contributed by atoms with Crippen molar-refractivity contribution in [2.75, 3.05) is 7.11 Å². The first-order valence-electron chi connectivity index (χ1n) is 8.54. The Labute approximate surface area is 157 Å². The van der Waals surface area contributed by atoms with Gasteiger partial charge in [-0.3, -0.25) is 0 Å². The second-order valence-electron chi connectivity index (χ2n) is 6.08. The molecule has 0 unspecified atom stereocenters. The Morgan fingerprint density at radius 3 is 1.59 bits per heavy atom. The summed E-state index contributed by atoms with van der Waals surface area (Å²) in [5.74, 6) is 3.23. The Kier molecular flexibility index (Phi) is 4.58. The molecule has 27 heavy (non-hydrogen) atoms. The molecular weight excluding hydrogens is 340 g/mol. The highest BCUT2D eigenvalue weighted by molar-refractivity contribution is 5.59. The maximum absolute atomic E-state index is 5.83. The van der Waals surface area contributed by atoms with Crippen molar-refractivity contribution in [3.8, 4) is 40.2 Å². The topological polar surface area (TPSA) is 57.4 Å². The van der Waals surface area contributed by atoms with Gasteiger partial charge < -0.3 is 13.9 Å². The molecule has 0 amide bonds. The lowest BCUT2D eigenvalue weighted by molar-refractivity contribution is 0.413. The van der Waals surface area contributed by atoms with Crippen molar-refractivity contribution >= 4 is 0 Å². The van der Waals surface area contributed by atoms with E-state index in [0.717, 1.165) is 28.4 Å². The van der Waals surface area contributed by atoms with E-state index in [4.69, 9.17) is 13.9 Å². The van der Waals surface area contributed by atoms with Crippen LogP contribution >= 0.6 is 0 Å². The minimum Gasteiger partial charge on any atom is -0.497 e. The first kappa shape index (κ1) is 16.8. The molecule has 4 aromatic rings. The number of hydrogen-bond donors (Lipinski definition) is 0. The van der Waals surface area contributed by atoms with Crippen molar-refractivity contribution < 1.29 is 13.9 Å². The molecule has 0 fully saturated rings. The fourth-order valence-electron chi connectivity index (χ4n) is 2.60. The number of rotatable bonds is 5. The Morgan fingerprint density at radius 2 is 1.07 bits per heavy atom. The second kappa shape index (κ2) is 7.33. The van der Waals surface area contributed by atoms with Gasteiger partial charge in [0.2, 0.25) is 11.8 Å². The van der Waals surface area contributed by atoms with Crippen LogP contribution in [0.2, 0.25) is 0 Å². The maximum Gasteiger partial charge on any atom is 0.248 e. The number of benzene rings is 3. The van der Waals surface area contributed by atoms with E-state index in [0.29, 0.717) is 11.8 Å². The normalized spacial score (nSPS) is 10.6. The Hall–Kier alpha value is -3.60. The summed E-state index contributed by atoms with van der Waals surface area (Å²) in [4.78, 5) is 0. The van der Waals surface area contributed by atoms with Crippen molar-refractivity contribution in [2.45, 2.75) is 6.92 Å². The van der Waals surface area contributed by atoms with Gasteiger partial charge in [-0.25, -0.2) is 0 Å². The largest absolute Gasteiger partial charge is 0.497 e. The predicted octanol–water partition coefficient (Wildman–Crippen LogP) is 5.51. The average molecular weight is 358 g/mol. The van der Waals surface area contributed by atoms with Crippen molar-refractivity contribution in [1.29, 1.82) is 0 Å². The first-order chi connectivity index (χ1) is 13.2. The summed E-state index contributed by atoms with van der Waals surface area (Å²) in [5.41, 5.74) is 2.92. The molecule has 0 spiro atoms. The van der Waals surface area contributed by atoms with E-state index in [1.54, 1.807) is 7.11 Å².